The molecule has 7 rings (SSSR count). The zero-order valence-corrected chi connectivity index (χ0v) is 27.8. The van der Waals surface area contributed by atoms with Gasteiger partial charge >= 0.3 is 0 Å². The van der Waals surface area contributed by atoms with Crippen molar-refractivity contribution in [1.29, 1.82) is 0 Å². The summed E-state index contributed by atoms with van der Waals surface area (Å²) in [4.78, 5) is 20.0. The molecular formula is C34H40N4O6S2. The minimum Gasteiger partial charge on any atom is -0.477 e. The third kappa shape index (κ3) is 5.37. The number of sulfone groups is 1. The number of carbonyl (C=O) groups is 1. The molecule has 12 heteroatoms. The number of pyridine rings is 1. The first-order valence-corrected chi connectivity index (χ1v) is 19.1. The molecule has 1 aromatic heterocycles. The number of anilines is 1. The number of nitrogens with zero attached hydrogens (tertiary/aromatic N) is 2. The third-order valence-electron chi connectivity index (χ3n) is 10.1. The van der Waals surface area contributed by atoms with Gasteiger partial charge in [0.25, 0.3) is 15.9 Å². The van der Waals surface area contributed by atoms with Crippen LogP contribution >= 0.6 is 0 Å². The minimum absolute atomic E-state index is 0.236. The Kier molecular flexibility index (Phi) is 7.68. The molecule has 2 saturated carbocycles. The van der Waals surface area contributed by atoms with Crippen molar-refractivity contribution in [2.45, 2.75) is 97.6 Å². The van der Waals surface area contributed by atoms with Crippen LogP contribution in [-0.4, -0.2) is 57.3 Å². The van der Waals surface area contributed by atoms with Crippen LogP contribution < -0.4 is 19.7 Å². The number of nitrogens with one attached hydrogen (secondary N) is 2. The van der Waals surface area contributed by atoms with Crippen LogP contribution in [-0.2, 0) is 24.7 Å². The summed E-state index contributed by atoms with van der Waals surface area (Å²) >= 11 is 0. The maximum absolute atomic E-state index is 13.8. The van der Waals surface area contributed by atoms with Crippen molar-refractivity contribution in [2.75, 3.05) is 18.0 Å². The molecule has 3 heterocycles. The van der Waals surface area contributed by atoms with Crippen LogP contribution in [0.3, 0.4) is 0 Å². The van der Waals surface area contributed by atoms with Crippen molar-refractivity contribution in [1.82, 2.24) is 15.0 Å². The molecule has 244 valence electrons. The predicted octanol–water partition coefficient (Wildman–Crippen LogP) is 4.51. The van der Waals surface area contributed by atoms with E-state index in [1.54, 1.807) is 42.2 Å². The maximum Gasteiger partial charge on any atom is 0.281 e. The molecule has 2 aliphatic heterocycles. The normalized spacial score (nSPS) is 22.0. The fourth-order valence-corrected chi connectivity index (χ4v) is 10.5. The minimum atomic E-state index is -4.39. The zero-order valence-electron chi connectivity index (χ0n) is 26.2. The van der Waals surface area contributed by atoms with Crippen LogP contribution in [0.5, 0.6) is 5.75 Å². The van der Waals surface area contributed by atoms with Crippen molar-refractivity contribution < 1.29 is 26.4 Å². The number of aromatic nitrogens is 1. The Balaban J connectivity index is 1.13. The highest BCUT2D eigenvalue weighted by atomic mass is 32.2. The molecule has 0 radical (unpaired) electrons. The Labute approximate surface area is 270 Å². The Bertz CT molecular complexity index is 1900. The summed E-state index contributed by atoms with van der Waals surface area (Å²) in [6.07, 6.45) is 6.86. The maximum atomic E-state index is 13.8. The first kappa shape index (κ1) is 31.1. The van der Waals surface area contributed by atoms with Crippen molar-refractivity contribution in [3.05, 3.63) is 77.4 Å². The lowest BCUT2D eigenvalue weighted by Crippen LogP contribution is -2.81. The molecule has 2 aromatic carbocycles. The van der Waals surface area contributed by atoms with Crippen molar-refractivity contribution >= 4 is 31.6 Å². The van der Waals surface area contributed by atoms with Gasteiger partial charge in [0.05, 0.1) is 10.4 Å². The van der Waals surface area contributed by atoms with Gasteiger partial charge in [0.1, 0.15) is 16.9 Å². The largest absolute Gasteiger partial charge is 0.477 e. The summed E-state index contributed by atoms with van der Waals surface area (Å²) in [7, 11) is -8.17. The lowest BCUT2D eigenvalue weighted by molar-refractivity contribution is -0.128. The molecule has 1 spiro atoms. The van der Waals surface area contributed by atoms with Gasteiger partial charge in [-0.05, 0) is 73.6 Å². The molecule has 2 N–H and O–H groups in total. The summed E-state index contributed by atoms with van der Waals surface area (Å²) < 4.78 is 63.5. The number of hydrogen-bond donors (Lipinski definition) is 2. The SMILES string of the molecule is Cc1ccc(C2CCCCC2)c(OC2(C(=O)NS(=O)(=O)c3cccc(N4C(S(=O)(=O)c5ccccc5C)CC45CNC5)n3)CC2)c1. The van der Waals surface area contributed by atoms with Gasteiger partial charge in [-0.2, -0.15) is 8.42 Å². The number of benzene rings is 2. The van der Waals surface area contributed by atoms with Gasteiger partial charge < -0.3 is 15.0 Å². The van der Waals surface area contributed by atoms with E-state index < -0.39 is 42.3 Å². The van der Waals surface area contributed by atoms with E-state index in [1.165, 1.54) is 18.6 Å². The molecule has 1 unspecified atom stereocenters. The molecule has 46 heavy (non-hydrogen) atoms. The van der Waals surface area contributed by atoms with E-state index >= 15 is 0 Å². The molecule has 4 fully saturated rings. The lowest BCUT2D eigenvalue weighted by Gasteiger charge is -2.63. The number of hydrogen-bond acceptors (Lipinski definition) is 9. The Hall–Kier alpha value is -3.48. The summed E-state index contributed by atoms with van der Waals surface area (Å²) in [5.74, 6) is 0.516. The van der Waals surface area contributed by atoms with Crippen LogP contribution in [0.25, 0.3) is 0 Å². The molecule has 0 bridgehead atoms. The number of amides is 1. The van der Waals surface area contributed by atoms with Gasteiger partial charge in [0, 0.05) is 32.4 Å². The molecular weight excluding hydrogens is 625 g/mol. The van der Waals surface area contributed by atoms with Gasteiger partial charge in [-0.25, -0.2) is 18.1 Å². The molecule has 4 aliphatic rings. The smallest absolute Gasteiger partial charge is 0.281 e. The topological polar surface area (TPSA) is 135 Å². The van der Waals surface area contributed by atoms with Crippen LogP contribution in [0.15, 0.2) is 70.6 Å². The summed E-state index contributed by atoms with van der Waals surface area (Å²) in [5, 5.41) is 1.97. The van der Waals surface area contributed by atoms with Crippen LogP contribution in [0, 0.1) is 13.8 Å². The van der Waals surface area contributed by atoms with E-state index in [-0.39, 0.29) is 15.7 Å². The second-order valence-corrected chi connectivity index (χ2v) is 17.1. The highest BCUT2D eigenvalue weighted by Crippen LogP contribution is 2.48. The summed E-state index contributed by atoms with van der Waals surface area (Å²) in [6.45, 7) is 4.85. The second kappa shape index (κ2) is 11.3. The van der Waals surface area contributed by atoms with Crippen molar-refractivity contribution in [3.63, 3.8) is 0 Å². The highest BCUT2D eigenvalue weighted by molar-refractivity contribution is 7.92. The quantitative estimate of drug-likeness (QED) is 0.339. The molecule has 2 aliphatic carbocycles. The van der Waals surface area contributed by atoms with Gasteiger partial charge in [-0.1, -0.05) is 55.7 Å². The van der Waals surface area contributed by atoms with Crippen molar-refractivity contribution in [3.8, 4) is 5.75 Å². The fraction of sp³-hybridized carbons (Fsp3) is 0.471. The summed E-state index contributed by atoms with van der Waals surface area (Å²) in [5.41, 5.74) is 0.982. The Morgan fingerprint density at radius 1 is 0.957 bits per heavy atom. The molecule has 3 aromatic rings. The molecule has 1 amide bonds. The standard InChI is InChI=1S/C34H40N4O6S2/c1-23-15-16-26(25-10-4-3-5-11-25)27(19-23)44-34(17-18-34)32(39)37-46(42,43)30-14-8-13-29(36-30)38-31(20-33(38)21-35-22-33)45(40,41)28-12-7-6-9-24(28)2/h6-9,12-16,19,25,31,35H,3-5,10-11,17-18,20-22H2,1-2H3,(H,37,39). The van der Waals surface area contributed by atoms with E-state index in [0.717, 1.165) is 36.8 Å². The molecule has 2 saturated heterocycles. The van der Waals surface area contributed by atoms with E-state index in [4.69, 9.17) is 4.74 Å². The van der Waals surface area contributed by atoms with E-state index in [1.807, 2.05) is 13.0 Å². The number of ether oxygens (including phenoxy) is 1. The average Bonchev–Trinajstić information content (AvgIpc) is 3.77. The first-order chi connectivity index (χ1) is 21.9. The van der Waals surface area contributed by atoms with Gasteiger partial charge in [0.2, 0.25) is 0 Å². The first-order valence-electron chi connectivity index (χ1n) is 16.1. The number of sulfonamides is 1. The van der Waals surface area contributed by atoms with Crippen LogP contribution in [0.2, 0.25) is 0 Å². The highest BCUT2D eigenvalue weighted by Gasteiger charge is 2.61. The van der Waals surface area contributed by atoms with Crippen LogP contribution in [0.1, 0.15) is 74.0 Å². The van der Waals surface area contributed by atoms with Gasteiger partial charge in [-0.3, -0.25) is 4.79 Å². The van der Waals surface area contributed by atoms with Gasteiger partial charge in [0.15, 0.2) is 20.5 Å². The Morgan fingerprint density at radius 2 is 1.70 bits per heavy atom. The third-order valence-corrected chi connectivity index (χ3v) is 13.5. The zero-order chi connectivity index (χ0) is 32.3. The monoisotopic (exact) mass is 664 g/mol. The fourth-order valence-electron chi connectivity index (χ4n) is 7.23. The van der Waals surface area contributed by atoms with E-state index in [0.29, 0.717) is 49.6 Å². The molecule has 1 atom stereocenters. The number of carbonyl (C=O) groups excluding carboxylic acids is 1. The lowest BCUT2D eigenvalue weighted by atomic mass is 9.79. The van der Waals surface area contributed by atoms with Crippen LogP contribution in [0.4, 0.5) is 5.82 Å². The van der Waals surface area contributed by atoms with Crippen molar-refractivity contribution in [2.24, 2.45) is 0 Å². The van der Waals surface area contributed by atoms with E-state index in [9.17, 15) is 21.6 Å². The number of rotatable bonds is 9. The average molecular weight is 665 g/mol. The van der Waals surface area contributed by atoms with E-state index in [2.05, 4.69) is 27.2 Å². The number of aryl methyl sites for hydroxylation is 2. The molecule has 10 nitrogen and oxygen atoms in total. The summed E-state index contributed by atoms with van der Waals surface area (Å²) in [6, 6.07) is 17.4. The second-order valence-electron chi connectivity index (χ2n) is 13.4. The van der Waals surface area contributed by atoms with Gasteiger partial charge in [-0.15, -0.1) is 0 Å². The Morgan fingerprint density at radius 3 is 2.37 bits per heavy atom. The predicted molar refractivity (Wildman–Crippen MR) is 174 cm³/mol.